The van der Waals surface area contributed by atoms with E-state index in [1.807, 2.05) is 12.1 Å². The van der Waals surface area contributed by atoms with Gasteiger partial charge in [-0.15, -0.1) is 0 Å². The van der Waals surface area contributed by atoms with Crippen molar-refractivity contribution in [3.63, 3.8) is 0 Å². The largest absolute Gasteiger partial charge is 0.398 e. The van der Waals surface area contributed by atoms with Crippen LogP contribution in [0.1, 0.15) is 51.5 Å². The van der Waals surface area contributed by atoms with Crippen LogP contribution in [0.4, 0.5) is 11.4 Å². The first-order valence-electron chi connectivity index (χ1n) is 6.76. The first-order valence-corrected chi connectivity index (χ1v) is 6.76. The average Bonchev–Trinajstić information content (AvgIpc) is 2.31. The van der Waals surface area contributed by atoms with Crippen molar-refractivity contribution in [1.82, 2.24) is 0 Å². The molecule has 0 aliphatic heterocycles. The van der Waals surface area contributed by atoms with Gasteiger partial charge in [-0.05, 0) is 38.0 Å². The lowest BCUT2D eigenvalue weighted by atomic mass is 10.1. The summed E-state index contributed by atoms with van der Waals surface area (Å²) in [5, 5.41) is 3.55. The molecule has 0 fully saturated rings. The number of hydrogen-bond donors (Lipinski definition) is 2. The van der Waals surface area contributed by atoms with E-state index in [0.29, 0.717) is 6.04 Å². The van der Waals surface area contributed by atoms with Crippen molar-refractivity contribution in [2.24, 2.45) is 0 Å². The van der Waals surface area contributed by atoms with E-state index < -0.39 is 0 Å². The molecule has 0 saturated carbocycles. The third-order valence-corrected chi connectivity index (χ3v) is 3.27. The lowest BCUT2D eigenvalue weighted by Crippen LogP contribution is -2.16. The highest BCUT2D eigenvalue weighted by Gasteiger charge is 2.05. The maximum Gasteiger partial charge on any atom is 0.0392 e. The zero-order valence-corrected chi connectivity index (χ0v) is 11.4. The fraction of sp³-hybridized carbons (Fsp3) is 0.600. The fourth-order valence-corrected chi connectivity index (χ4v) is 2.02. The summed E-state index contributed by atoms with van der Waals surface area (Å²) in [7, 11) is 0. The van der Waals surface area contributed by atoms with Crippen LogP contribution in [0.5, 0.6) is 0 Å². The number of anilines is 2. The molecule has 17 heavy (non-hydrogen) atoms. The highest BCUT2D eigenvalue weighted by atomic mass is 14.9. The third kappa shape index (κ3) is 4.68. The molecule has 1 unspecified atom stereocenters. The number of nitrogen functional groups attached to an aromatic ring is 1. The van der Waals surface area contributed by atoms with Crippen molar-refractivity contribution in [3.8, 4) is 0 Å². The Bertz CT molecular complexity index is 334. The van der Waals surface area contributed by atoms with Crippen LogP contribution in [0.2, 0.25) is 0 Å². The Morgan fingerprint density at radius 3 is 2.71 bits per heavy atom. The molecule has 0 radical (unpaired) electrons. The van der Waals surface area contributed by atoms with Gasteiger partial charge in [-0.25, -0.2) is 0 Å². The van der Waals surface area contributed by atoms with Crippen LogP contribution in [0, 0.1) is 6.92 Å². The van der Waals surface area contributed by atoms with Crippen molar-refractivity contribution in [2.75, 3.05) is 11.1 Å². The van der Waals surface area contributed by atoms with Crippen molar-refractivity contribution in [3.05, 3.63) is 23.8 Å². The quantitative estimate of drug-likeness (QED) is 0.544. The van der Waals surface area contributed by atoms with Crippen LogP contribution in [-0.4, -0.2) is 6.04 Å². The van der Waals surface area contributed by atoms with Crippen LogP contribution < -0.4 is 11.1 Å². The van der Waals surface area contributed by atoms with Crippen LogP contribution in [-0.2, 0) is 0 Å². The number of hydrogen-bond acceptors (Lipinski definition) is 2. The predicted molar refractivity (Wildman–Crippen MR) is 77.4 cm³/mol. The van der Waals surface area contributed by atoms with Gasteiger partial charge in [0.2, 0.25) is 0 Å². The number of nitrogens with two attached hydrogens (primary N) is 1. The topological polar surface area (TPSA) is 38.0 Å². The molecule has 2 heteroatoms. The van der Waals surface area contributed by atoms with E-state index in [0.717, 1.165) is 11.3 Å². The van der Waals surface area contributed by atoms with Crippen LogP contribution in [0.3, 0.4) is 0 Å². The van der Waals surface area contributed by atoms with E-state index in [-0.39, 0.29) is 0 Å². The zero-order valence-electron chi connectivity index (χ0n) is 11.4. The molecular weight excluding hydrogens is 208 g/mol. The van der Waals surface area contributed by atoms with Crippen molar-refractivity contribution in [2.45, 2.75) is 58.9 Å². The Morgan fingerprint density at radius 1 is 1.24 bits per heavy atom. The highest BCUT2D eigenvalue weighted by Crippen LogP contribution is 2.22. The molecule has 2 nitrogen and oxygen atoms in total. The lowest BCUT2D eigenvalue weighted by molar-refractivity contribution is 0.594. The number of rotatable bonds is 7. The summed E-state index contributed by atoms with van der Waals surface area (Å²) in [6, 6.07) is 6.59. The summed E-state index contributed by atoms with van der Waals surface area (Å²) in [4.78, 5) is 0. The van der Waals surface area contributed by atoms with E-state index in [4.69, 9.17) is 5.73 Å². The van der Waals surface area contributed by atoms with E-state index in [1.165, 1.54) is 37.8 Å². The molecule has 0 saturated heterocycles. The number of nitrogens with one attached hydrogen (secondary N) is 1. The molecule has 96 valence electrons. The van der Waals surface area contributed by atoms with Gasteiger partial charge in [-0.1, -0.05) is 38.7 Å². The minimum Gasteiger partial charge on any atom is -0.398 e. The molecule has 1 rings (SSSR count). The van der Waals surface area contributed by atoms with Gasteiger partial charge in [0.05, 0.1) is 0 Å². The molecule has 1 aromatic carbocycles. The monoisotopic (exact) mass is 234 g/mol. The van der Waals surface area contributed by atoms with Gasteiger partial charge in [0, 0.05) is 17.4 Å². The summed E-state index contributed by atoms with van der Waals surface area (Å²) in [5.74, 6) is 0. The molecule has 3 N–H and O–H groups in total. The summed E-state index contributed by atoms with van der Waals surface area (Å²) < 4.78 is 0. The van der Waals surface area contributed by atoms with Crippen molar-refractivity contribution < 1.29 is 0 Å². The van der Waals surface area contributed by atoms with Crippen LogP contribution >= 0.6 is 0 Å². The first kappa shape index (κ1) is 13.9. The minimum absolute atomic E-state index is 0.521. The minimum atomic E-state index is 0.521. The fourth-order valence-electron chi connectivity index (χ4n) is 2.02. The van der Waals surface area contributed by atoms with E-state index in [1.54, 1.807) is 0 Å². The maximum absolute atomic E-state index is 5.90. The van der Waals surface area contributed by atoms with Gasteiger partial charge >= 0.3 is 0 Å². The molecule has 0 amide bonds. The average molecular weight is 234 g/mol. The van der Waals surface area contributed by atoms with Gasteiger partial charge in [0.15, 0.2) is 0 Å². The summed E-state index contributed by atoms with van der Waals surface area (Å²) in [6.45, 7) is 6.56. The van der Waals surface area contributed by atoms with Gasteiger partial charge in [0.1, 0.15) is 0 Å². The normalized spacial score (nSPS) is 12.4. The lowest BCUT2D eigenvalue weighted by Gasteiger charge is -2.17. The van der Waals surface area contributed by atoms with E-state index in [9.17, 15) is 0 Å². The molecule has 0 aromatic heterocycles. The molecule has 0 spiro atoms. The Balaban J connectivity index is 2.39. The standard InChI is InChI=1S/C15H26N2/c1-4-5-6-7-9-12(2)17-15-11-8-10-14(16)13(15)3/h8,10-12,17H,4-7,9,16H2,1-3H3. The third-order valence-electron chi connectivity index (χ3n) is 3.27. The molecule has 0 aliphatic rings. The van der Waals surface area contributed by atoms with E-state index >= 15 is 0 Å². The molecule has 0 aliphatic carbocycles. The Morgan fingerprint density at radius 2 is 2.00 bits per heavy atom. The SMILES string of the molecule is CCCCCCC(C)Nc1cccc(N)c1C. The molecule has 1 aromatic rings. The number of unbranched alkanes of at least 4 members (excludes halogenated alkanes) is 3. The summed E-state index contributed by atoms with van der Waals surface area (Å²) in [6.07, 6.45) is 6.54. The Kier molecular flexibility index (Phi) is 5.88. The molecular formula is C15H26N2. The predicted octanol–water partition coefficient (Wildman–Crippen LogP) is 4.35. The molecule has 0 heterocycles. The second-order valence-corrected chi connectivity index (χ2v) is 4.91. The summed E-state index contributed by atoms with van der Waals surface area (Å²) in [5.41, 5.74) is 9.10. The zero-order chi connectivity index (χ0) is 12.7. The summed E-state index contributed by atoms with van der Waals surface area (Å²) >= 11 is 0. The highest BCUT2D eigenvalue weighted by molar-refractivity contribution is 5.62. The second-order valence-electron chi connectivity index (χ2n) is 4.91. The van der Waals surface area contributed by atoms with Gasteiger partial charge in [-0.2, -0.15) is 0 Å². The van der Waals surface area contributed by atoms with Gasteiger partial charge in [0.25, 0.3) is 0 Å². The van der Waals surface area contributed by atoms with Crippen molar-refractivity contribution >= 4 is 11.4 Å². The smallest absolute Gasteiger partial charge is 0.0392 e. The van der Waals surface area contributed by atoms with Gasteiger partial charge < -0.3 is 11.1 Å². The van der Waals surface area contributed by atoms with Gasteiger partial charge in [-0.3, -0.25) is 0 Å². The Hall–Kier alpha value is -1.18. The second kappa shape index (κ2) is 7.21. The Labute approximate surface area is 106 Å². The maximum atomic E-state index is 5.90. The molecule has 0 bridgehead atoms. The molecule has 1 atom stereocenters. The van der Waals surface area contributed by atoms with Crippen LogP contribution in [0.15, 0.2) is 18.2 Å². The first-order chi connectivity index (χ1) is 8.15. The number of benzene rings is 1. The van der Waals surface area contributed by atoms with Crippen LogP contribution in [0.25, 0.3) is 0 Å². The van der Waals surface area contributed by atoms with E-state index in [2.05, 4.69) is 32.2 Å². The van der Waals surface area contributed by atoms with Crippen molar-refractivity contribution in [1.29, 1.82) is 0 Å².